The topological polar surface area (TPSA) is 90.0 Å². The largest absolute Gasteiger partial charge is 0.442 e. The Kier molecular flexibility index (Phi) is 5.70. The summed E-state index contributed by atoms with van der Waals surface area (Å²) in [6.07, 6.45) is 3.13. The van der Waals surface area contributed by atoms with Crippen molar-refractivity contribution in [2.45, 2.75) is 18.9 Å². The van der Waals surface area contributed by atoms with Crippen molar-refractivity contribution < 1.29 is 14.3 Å². The van der Waals surface area contributed by atoms with Gasteiger partial charge in [0.2, 0.25) is 5.91 Å². The molecule has 156 valence electrons. The molecular weight excluding hydrogens is 392 g/mol. The van der Waals surface area contributed by atoms with Crippen molar-refractivity contribution in [3.63, 3.8) is 0 Å². The van der Waals surface area contributed by atoms with Crippen LogP contribution in [0.25, 0.3) is 0 Å². The second-order valence-electron chi connectivity index (χ2n) is 7.54. The summed E-state index contributed by atoms with van der Waals surface area (Å²) in [4.78, 5) is 34.6. The molecule has 1 saturated carbocycles. The normalized spacial score (nSPS) is 21.8. The first-order valence-corrected chi connectivity index (χ1v) is 10.4. The van der Waals surface area contributed by atoms with Gasteiger partial charge in [-0.2, -0.15) is 0 Å². The fraction of sp³-hybridized carbons (Fsp3) is 0.579. The molecule has 1 aromatic rings. The summed E-state index contributed by atoms with van der Waals surface area (Å²) in [6.45, 7) is 3.92. The number of pyridine rings is 1. The predicted molar refractivity (Wildman–Crippen MR) is 113 cm³/mol. The summed E-state index contributed by atoms with van der Waals surface area (Å²) in [5, 5.41) is 6.35. The zero-order valence-corrected chi connectivity index (χ0v) is 17.3. The van der Waals surface area contributed by atoms with Crippen molar-refractivity contribution in [2.75, 3.05) is 56.1 Å². The molecule has 0 spiro atoms. The quantitative estimate of drug-likeness (QED) is 0.671. The van der Waals surface area contributed by atoms with Gasteiger partial charge in [0.25, 0.3) is 0 Å². The van der Waals surface area contributed by atoms with E-state index >= 15 is 0 Å². The molecule has 1 aliphatic carbocycles. The van der Waals surface area contributed by atoms with Crippen LogP contribution in [0.2, 0.25) is 0 Å². The Hall–Kier alpha value is -2.62. The van der Waals surface area contributed by atoms with Crippen LogP contribution in [0, 0.1) is 5.92 Å². The lowest BCUT2D eigenvalue weighted by molar-refractivity contribution is -0.132. The van der Waals surface area contributed by atoms with Gasteiger partial charge >= 0.3 is 6.09 Å². The maximum absolute atomic E-state index is 12.2. The van der Waals surface area contributed by atoms with Crippen molar-refractivity contribution in [3.8, 4) is 0 Å². The average molecular weight is 419 g/mol. The highest BCUT2D eigenvalue weighted by molar-refractivity contribution is 7.80. The molecule has 2 amide bonds. The number of hydrogen-bond donors (Lipinski definition) is 2. The number of nitrogens with zero attached hydrogens (tertiary/aromatic N) is 4. The van der Waals surface area contributed by atoms with Crippen LogP contribution in [0.3, 0.4) is 0 Å². The van der Waals surface area contributed by atoms with E-state index in [2.05, 4.69) is 20.5 Å². The smallest absolute Gasteiger partial charge is 0.414 e. The minimum Gasteiger partial charge on any atom is -0.442 e. The summed E-state index contributed by atoms with van der Waals surface area (Å²) in [6, 6.07) is 3.81. The predicted octanol–water partition coefficient (Wildman–Crippen LogP) is 0.559. The second kappa shape index (κ2) is 8.40. The van der Waals surface area contributed by atoms with E-state index in [0.29, 0.717) is 29.8 Å². The molecule has 1 unspecified atom stereocenters. The Balaban J connectivity index is 1.30. The molecule has 0 bridgehead atoms. The highest BCUT2D eigenvalue weighted by atomic mass is 32.1. The molecule has 2 saturated heterocycles. The van der Waals surface area contributed by atoms with Crippen molar-refractivity contribution in [1.82, 2.24) is 20.5 Å². The minimum absolute atomic E-state index is 0.270. The Labute approximate surface area is 175 Å². The zero-order valence-electron chi connectivity index (χ0n) is 16.5. The van der Waals surface area contributed by atoms with Crippen molar-refractivity contribution in [3.05, 3.63) is 18.3 Å². The Bertz CT molecular complexity index is 777. The molecule has 1 atom stereocenters. The number of carbonyl (C=O) groups is 2. The lowest BCUT2D eigenvalue weighted by Crippen LogP contribution is -2.49. The molecule has 9 nitrogen and oxygen atoms in total. The molecule has 2 N–H and O–H groups in total. The molecule has 10 heteroatoms. The number of carbonyl (C=O) groups excluding carboxylic acids is 2. The number of anilines is 2. The van der Waals surface area contributed by atoms with E-state index in [1.807, 2.05) is 17.0 Å². The van der Waals surface area contributed by atoms with Crippen molar-refractivity contribution in [1.29, 1.82) is 0 Å². The Morgan fingerprint density at radius 2 is 2.03 bits per heavy atom. The number of amides is 2. The van der Waals surface area contributed by atoms with Gasteiger partial charge in [0.05, 0.1) is 25.0 Å². The van der Waals surface area contributed by atoms with Gasteiger partial charge in [0.1, 0.15) is 11.9 Å². The van der Waals surface area contributed by atoms with E-state index in [-0.39, 0.29) is 18.1 Å². The van der Waals surface area contributed by atoms with Crippen LogP contribution >= 0.6 is 12.2 Å². The van der Waals surface area contributed by atoms with Gasteiger partial charge in [-0.15, -0.1) is 0 Å². The number of ether oxygens (including phenoxy) is 1. The molecule has 29 heavy (non-hydrogen) atoms. The fourth-order valence-electron chi connectivity index (χ4n) is 3.60. The van der Waals surface area contributed by atoms with Crippen molar-refractivity contribution in [2.24, 2.45) is 5.92 Å². The molecule has 2 aliphatic heterocycles. The first-order chi connectivity index (χ1) is 14.0. The standard InChI is InChI=1S/C19H26N6O3S/c1-20-18(29)22-11-15-12-25(19(27)28-15)14-4-5-16(21-10-14)23-6-8-24(9-7-23)17(26)13-2-3-13/h4-5,10,13,15H,2-3,6-9,11-12H2,1H3,(H2,20,22,29). The molecule has 3 fully saturated rings. The number of cyclic esters (lactones) is 1. The highest BCUT2D eigenvalue weighted by Gasteiger charge is 2.35. The highest BCUT2D eigenvalue weighted by Crippen LogP contribution is 2.31. The second-order valence-corrected chi connectivity index (χ2v) is 7.95. The molecular formula is C19H26N6O3S. The third-order valence-corrected chi connectivity index (χ3v) is 5.83. The molecule has 0 aromatic carbocycles. The average Bonchev–Trinajstić information content (AvgIpc) is 3.54. The summed E-state index contributed by atoms with van der Waals surface area (Å²) >= 11 is 5.04. The fourth-order valence-corrected chi connectivity index (χ4v) is 3.69. The van der Waals surface area contributed by atoms with Crippen LogP contribution < -0.4 is 20.4 Å². The summed E-state index contributed by atoms with van der Waals surface area (Å²) in [7, 11) is 1.74. The van der Waals surface area contributed by atoms with Gasteiger partial charge in [-0.05, 0) is 37.2 Å². The Morgan fingerprint density at radius 3 is 2.66 bits per heavy atom. The van der Waals surface area contributed by atoms with Crippen LogP contribution in [-0.2, 0) is 9.53 Å². The Morgan fingerprint density at radius 1 is 1.28 bits per heavy atom. The third kappa shape index (κ3) is 4.52. The first kappa shape index (κ1) is 19.7. The van der Waals surface area contributed by atoms with Crippen LogP contribution in [0.1, 0.15) is 12.8 Å². The van der Waals surface area contributed by atoms with Gasteiger partial charge in [0.15, 0.2) is 5.11 Å². The number of piperazine rings is 1. The van der Waals surface area contributed by atoms with Crippen molar-refractivity contribution >= 4 is 40.8 Å². The van der Waals surface area contributed by atoms with Gasteiger partial charge in [-0.3, -0.25) is 9.69 Å². The number of hydrogen-bond acceptors (Lipinski definition) is 6. The third-order valence-electron chi connectivity index (χ3n) is 5.48. The molecule has 4 rings (SSSR count). The first-order valence-electron chi connectivity index (χ1n) is 9.98. The zero-order chi connectivity index (χ0) is 20.4. The molecule has 3 heterocycles. The monoisotopic (exact) mass is 418 g/mol. The van der Waals surface area contributed by atoms with Crippen LogP contribution in [0.15, 0.2) is 18.3 Å². The number of aromatic nitrogens is 1. The van der Waals surface area contributed by atoms with Crippen LogP contribution in [0.4, 0.5) is 16.3 Å². The van der Waals surface area contributed by atoms with Crippen LogP contribution in [0.5, 0.6) is 0 Å². The number of nitrogens with one attached hydrogen (secondary N) is 2. The molecule has 0 radical (unpaired) electrons. The maximum Gasteiger partial charge on any atom is 0.414 e. The van der Waals surface area contributed by atoms with Gasteiger partial charge in [0, 0.05) is 39.1 Å². The SMILES string of the molecule is CNC(=S)NCC1CN(c2ccc(N3CCN(C(=O)C4CC4)CC3)nc2)C(=O)O1. The molecule has 3 aliphatic rings. The summed E-state index contributed by atoms with van der Waals surface area (Å²) in [5.74, 6) is 1.43. The van der Waals surface area contributed by atoms with E-state index < -0.39 is 0 Å². The minimum atomic E-state index is -0.381. The summed E-state index contributed by atoms with van der Waals surface area (Å²) in [5.41, 5.74) is 0.708. The van der Waals surface area contributed by atoms with E-state index in [9.17, 15) is 9.59 Å². The maximum atomic E-state index is 12.2. The lowest BCUT2D eigenvalue weighted by Gasteiger charge is -2.35. The van der Waals surface area contributed by atoms with Gasteiger partial charge in [-0.1, -0.05) is 0 Å². The molecule has 1 aromatic heterocycles. The number of rotatable bonds is 5. The van der Waals surface area contributed by atoms with E-state index in [0.717, 1.165) is 44.8 Å². The lowest BCUT2D eigenvalue weighted by atomic mass is 10.2. The van der Waals surface area contributed by atoms with E-state index in [1.54, 1.807) is 18.1 Å². The van der Waals surface area contributed by atoms with Gasteiger partial charge in [-0.25, -0.2) is 9.78 Å². The number of thiocarbonyl (C=S) groups is 1. The summed E-state index contributed by atoms with van der Waals surface area (Å²) < 4.78 is 5.39. The van der Waals surface area contributed by atoms with E-state index in [4.69, 9.17) is 17.0 Å². The van der Waals surface area contributed by atoms with Crippen LogP contribution in [-0.4, -0.2) is 79.4 Å². The van der Waals surface area contributed by atoms with E-state index in [1.165, 1.54) is 0 Å². The van der Waals surface area contributed by atoms with Gasteiger partial charge < -0.3 is 25.2 Å².